The van der Waals surface area contributed by atoms with Gasteiger partial charge in [-0.15, -0.1) is 11.8 Å². The predicted octanol–water partition coefficient (Wildman–Crippen LogP) is 2.92. The fourth-order valence-corrected chi connectivity index (χ4v) is 4.34. The molecule has 7 heteroatoms. The summed E-state index contributed by atoms with van der Waals surface area (Å²) in [6.45, 7) is 5.06. The van der Waals surface area contributed by atoms with Gasteiger partial charge in [0.2, 0.25) is 11.8 Å². The fourth-order valence-electron chi connectivity index (χ4n) is 3.04. The summed E-state index contributed by atoms with van der Waals surface area (Å²) in [4.78, 5) is 27.9. The minimum atomic E-state index is -0.0805. The topological polar surface area (TPSA) is 59.1 Å². The Labute approximate surface area is 159 Å². The van der Waals surface area contributed by atoms with Crippen molar-refractivity contribution in [1.29, 1.82) is 0 Å². The lowest BCUT2D eigenvalue weighted by Crippen LogP contribution is -2.34. The van der Waals surface area contributed by atoms with Crippen LogP contribution in [0.15, 0.2) is 18.2 Å². The predicted molar refractivity (Wildman–Crippen MR) is 104 cm³/mol. The Morgan fingerprint density at radius 3 is 2.58 bits per heavy atom. The molecule has 1 aromatic rings. The Balaban J connectivity index is 2.11. The summed E-state index contributed by atoms with van der Waals surface area (Å²) in [5.41, 5.74) is 1.02. The molecule has 0 bridgehead atoms. The third-order valence-corrected chi connectivity index (χ3v) is 5.95. The molecule has 1 aliphatic rings. The number of thioether (sulfide) groups is 1. The van der Waals surface area contributed by atoms with Crippen LogP contribution < -0.4 is 9.47 Å². The second-order valence-electron chi connectivity index (χ2n) is 6.30. The molecule has 2 rings (SSSR count). The van der Waals surface area contributed by atoms with Gasteiger partial charge >= 0.3 is 0 Å². The van der Waals surface area contributed by atoms with E-state index in [1.54, 1.807) is 37.9 Å². The van der Waals surface area contributed by atoms with E-state index in [1.165, 1.54) is 0 Å². The molecule has 1 aromatic carbocycles. The molecule has 0 spiro atoms. The Bertz CT molecular complexity index is 652. The molecule has 1 aliphatic heterocycles. The summed E-state index contributed by atoms with van der Waals surface area (Å²) in [7, 11) is 5.02. The van der Waals surface area contributed by atoms with E-state index in [0.29, 0.717) is 31.0 Å². The molecule has 0 unspecified atom stereocenters. The lowest BCUT2D eigenvalue weighted by atomic mass is 10.1. The summed E-state index contributed by atoms with van der Waals surface area (Å²) < 4.78 is 10.7. The second-order valence-corrected chi connectivity index (χ2v) is 7.72. The van der Waals surface area contributed by atoms with Gasteiger partial charge < -0.3 is 19.3 Å². The van der Waals surface area contributed by atoms with Crippen LogP contribution >= 0.6 is 11.8 Å². The van der Waals surface area contributed by atoms with Crippen LogP contribution in [0.1, 0.15) is 37.6 Å². The maximum Gasteiger partial charge on any atom is 0.236 e. The highest BCUT2D eigenvalue weighted by atomic mass is 32.2. The van der Waals surface area contributed by atoms with E-state index in [2.05, 4.69) is 0 Å². The maximum atomic E-state index is 12.6. The third kappa shape index (κ3) is 4.44. The van der Waals surface area contributed by atoms with Crippen LogP contribution in [0.4, 0.5) is 0 Å². The van der Waals surface area contributed by atoms with E-state index in [9.17, 15) is 9.59 Å². The van der Waals surface area contributed by atoms with Crippen molar-refractivity contribution in [1.82, 2.24) is 9.80 Å². The Hall–Kier alpha value is -1.89. The average molecular weight is 381 g/mol. The molecule has 1 fully saturated rings. The summed E-state index contributed by atoms with van der Waals surface area (Å²) in [5, 5.41) is -0.132. The molecule has 144 valence electrons. The lowest BCUT2D eigenvalue weighted by molar-refractivity contribution is -0.130. The third-order valence-electron chi connectivity index (χ3n) is 4.56. The number of rotatable bonds is 8. The molecule has 26 heavy (non-hydrogen) atoms. The van der Waals surface area contributed by atoms with Gasteiger partial charge in [0.25, 0.3) is 0 Å². The van der Waals surface area contributed by atoms with Crippen LogP contribution in [0.3, 0.4) is 0 Å². The molecule has 1 heterocycles. The zero-order valence-electron chi connectivity index (χ0n) is 16.2. The summed E-state index contributed by atoms with van der Waals surface area (Å²) in [5.74, 6) is 1.59. The van der Waals surface area contributed by atoms with Gasteiger partial charge in [0, 0.05) is 26.6 Å². The Kier molecular flexibility index (Phi) is 7.20. The van der Waals surface area contributed by atoms with E-state index in [0.717, 1.165) is 12.0 Å². The maximum absolute atomic E-state index is 12.6. The standard InChI is InChI=1S/C19H28N2O4S/c1-6-17(22)20(3)10-7-11-21-18(23)13(2)26-19(21)14-8-9-15(24-4)16(12-14)25-5/h8-9,12-13,19H,6-7,10-11H2,1-5H3/t13-,19+/m0/s1. The van der Waals surface area contributed by atoms with Crippen molar-refractivity contribution in [3.63, 3.8) is 0 Å². The van der Waals surface area contributed by atoms with Crippen LogP contribution in [0.5, 0.6) is 11.5 Å². The summed E-state index contributed by atoms with van der Waals surface area (Å²) in [6.07, 6.45) is 1.26. The number of hydrogen-bond donors (Lipinski definition) is 0. The quantitative estimate of drug-likeness (QED) is 0.694. The number of benzene rings is 1. The normalized spacial score (nSPS) is 19.6. The highest BCUT2D eigenvalue weighted by Crippen LogP contribution is 2.44. The molecule has 2 amide bonds. The molecule has 1 saturated heterocycles. The van der Waals surface area contributed by atoms with E-state index in [-0.39, 0.29) is 22.4 Å². The van der Waals surface area contributed by atoms with Crippen LogP contribution in [0, 0.1) is 0 Å². The van der Waals surface area contributed by atoms with Crippen molar-refractivity contribution in [2.45, 2.75) is 37.3 Å². The smallest absolute Gasteiger partial charge is 0.236 e. The van der Waals surface area contributed by atoms with Gasteiger partial charge in [-0.25, -0.2) is 0 Å². The van der Waals surface area contributed by atoms with Gasteiger partial charge in [-0.3, -0.25) is 9.59 Å². The Morgan fingerprint density at radius 2 is 1.96 bits per heavy atom. The lowest BCUT2D eigenvalue weighted by Gasteiger charge is -2.26. The van der Waals surface area contributed by atoms with Crippen molar-refractivity contribution in [3.8, 4) is 11.5 Å². The molecule has 0 aromatic heterocycles. The van der Waals surface area contributed by atoms with E-state index in [4.69, 9.17) is 9.47 Å². The van der Waals surface area contributed by atoms with Crippen molar-refractivity contribution in [3.05, 3.63) is 23.8 Å². The molecule has 6 nitrogen and oxygen atoms in total. The van der Waals surface area contributed by atoms with Gasteiger partial charge in [0.15, 0.2) is 11.5 Å². The van der Waals surface area contributed by atoms with Gasteiger partial charge in [-0.2, -0.15) is 0 Å². The Morgan fingerprint density at radius 1 is 1.27 bits per heavy atom. The first-order valence-electron chi connectivity index (χ1n) is 8.84. The molecule has 0 radical (unpaired) electrons. The van der Waals surface area contributed by atoms with E-state index < -0.39 is 0 Å². The molecule has 0 N–H and O–H groups in total. The minimum absolute atomic E-state index is 0.0514. The number of hydrogen-bond acceptors (Lipinski definition) is 5. The molecular formula is C19H28N2O4S. The first-order valence-corrected chi connectivity index (χ1v) is 9.79. The zero-order chi connectivity index (χ0) is 19.3. The summed E-state index contributed by atoms with van der Waals surface area (Å²) >= 11 is 1.64. The van der Waals surface area contributed by atoms with Gasteiger partial charge in [0.1, 0.15) is 5.37 Å². The van der Waals surface area contributed by atoms with E-state index in [1.807, 2.05) is 36.9 Å². The summed E-state index contributed by atoms with van der Waals surface area (Å²) in [6, 6.07) is 5.78. The molecule has 2 atom stereocenters. The van der Waals surface area contributed by atoms with Crippen molar-refractivity contribution >= 4 is 23.6 Å². The number of carbonyl (C=O) groups excluding carboxylic acids is 2. The fraction of sp³-hybridized carbons (Fsp3) is 0.579. The number of amides is 2. The number of carbonyl (C=O) groups is 2. The molecular weight excluding hydrogens is 352 g/mol. The highest BCUT2D eigenvalue weighted by molar-refractivity contribution is 8.01. The van der Waals surface area contributed by atoms with Crippen LogP contribution in [0.25, 0.3) is 0 Å². The van der Waals surface area contributed by atoms with Crippen LogP contribution in [-0.4, -0.2) is 61.2 Å². The average Bonchev–Trinajstić information content (AvgIpc) is 2.94. The first-order chi connectivity index (χ1) is 12.4. The van der Waals surface area contributed by atoms with E-state index >= 15 is 0 Å². The first kappa shape index (κ1) is 20.4. The minimum Gasteiger partial charge on any atom is -0.493 e. The van der Waals surface area contributed by atoms with Crippen molar-refractivity contribution < 1.29 is 19.1 Å². The number of methoxy groups -OCH3 is 2. The highest BCUT2D eigenvalue weighted by Gasteiger charge is 2.38. The second kappa shape index (κ2) is 9.16. The van der Waals surface area contributed by atoms with Crippen LogP contribution in [0.2, 0.25) is 0 Å². The number of nitrogens with zero attached hydrogens (tertiary/aromatic N) is 2. The van der Waals surface area contributed by atoms with Gasteiger partial charge in [-0.05, 0) is 31.0 Å². The monoisotopic (exact) mass is 380 g/mol. The van der Waals surface area contributed by atoms with Gasteiger partial charge in [0.05, 0.1) is 19.5 Å². The molecule has 0 saturated carbocycles. The van der Waals surface area contributed by atoms with Crippen LogP contribution in [-0.2, 0) is 9.59 Å². The molecule has 0 aliphatic carbocycles. The van der Waals surface area contributed by atoms with Crippen molar-refractivity contribution in [2.24, 2.45) is 0 Å². The largest absolute Gasteiger partial charge is 0.493 e. The zero-order valence-corrected chi connectivity index (χ0v) is 17.0. The van der Waals surface area contributed by atoms with Crippen molar-refractivity contribution in [2.75, 3.05) is 34.4 Å². The SMILES string of the molecule is CCC(=O)N(C)CCCN1C(=O)[C@H](C)S[C@@H]1c1ccc(OC)c(OC)c1. The number of ether oxygens (including phenoxy) is 2. The van der Waals surface area contributed by atoms with Gasteiger partial charge in [-0.1, -0.05) is 13.0 Å².